The van der Waals surface area contributed by atoms with Crippen LogP contribution in [0.15, 0.2) is 53.5 Å². The molecule has 0 fully saturated rings. The monoisotopic (exact) mass is 576 g/mol. The van der Waals surface area contributed by atoms with Crippen molar-refractivity contribution < 1.29 is 4.79 Å². The van der Waals surface area contributed by atoms with Gasteiger partial charge in [-0.05, 0) is 63.9 Å². The molecule has 0 aliphatic heterocycles. The number of aliphatic imine (C=N–C) groups is 1. The summed E-state index contributed by atoms with van der Waals surface area (Å²) in [6.45, 7) is 12.6. The number of fused-ring (bicyclic) bond motifs is 1. The van der Waals surface area contributed by atoms with Gasteiger partial charge in [0.05, 0.1) is 17.6 Å². The van der Waals surface area contributed by atoms with Crippen LogP contribution in [-0.2, 0) is 13.1 Å². The second kappa shape index (κ2) is 13.9. The zero-order valence-electron chi connectivity index (χ0n) is 20.7. The van der Waals surface area contributed by atoms with E-state index in [-0.39, 0.29) is 29.9 Å². The predicted molar refractivity (Wildman–Crippen MR) is 151 cm³/mol. The molecule has 3 rings (SSSR count). The summed E-state index contributed by atoms with van der Waals surface area (Å²) < 4.78 is 2.27. The average molecular weight is 577 g/mol. The van der Waals surface area contributed by atoms with Crippen molar-refractivity contribution in [3.8, 4) is 0 Å². The van der Waals surface area contributed by atoms with E-state index in [1.807, 2.05) is 49.1 Å². The fourth-order valence-corrected chi connectivity index (χ4v) is 3.88. The summed E-state index contributed by atoms with van der Waals surface area (Å²) >= 11 is 0. The van der Waals surface area contributed by atoms with E-state index in [2.05, 4.69) is 52.2 Å². The van der Waals surface area contributed by atoms with E-state index in [1.54, 1.807) is 0 Å². The molecule has 1 amide bonds. The number of aromatic nitrogens is 2. The van der Waals surface area contributed by atoms with Gasteiger partial charge in [-0.1, -0.05) is 24.3 Å². The fourth-order valence-electron chi connectivity index (χ4n) is 3.88. The zero-order valence-corrected chi connectivity index (χ0v) is 23.0. The van der Waals surface area contributed by atoms with Gasteiger partial charge in [0.25, 0.3) is 5.91 Å². The van der Waals surface area contributed by atoms with E-state index in [9.17, 15) is 4.79 Å². The number of carbonyl (C=O) groups excluding carboxylic acids is 1. The van der Waals surface area contributed by atoms with Crippen LogP contribution in [0.2, 0.25) is 0 Å². The SMILES string of the molecule is CCNC(=NCc1ccc(C(=O)N(CC)CC)cc1)NCCCn1c(C)nc2ccccc21.I. The maximum absolute atomic E-state index is 12.5. The van der Waals surface area contributed by atoms with Crippen LogP contribution in [0.25, 0.3) is 11.0 Å². The van der Waals surface area contributed by atoms with Crippen molar-refractivity contribution in [2.24, 2.45) is 4.99 Å². The first-order valence-electron chi connectivity index (χ1n) is 11.9. The fraction of sp³-hybridized carbons (Fsp3) is 0.423. The highest BCUT2D eigenvalue weighted by molar-refractivity contribution is 14.0. The Hall–Kier alpha value is -2.62. The number of imidazole rings is 1. The second-order valence-electron chi connectivity index (χ2n) is 7.95. The normalized spacial score (nSPS) is 11.2. The molecule has 1 aromatic heterocycles. The smallest absolute Gasteiger partial charge is 0.253 e. The molecular formula is C26H37IN6O. The third kappa shape index (κ3) is 7.19. The first-order valence-corrected chi connectivity index (χ1v) is 11.9. The Kier molecular flexibility index (Phi) is 11.3. The van der Waals surface area contributed by atoms with Gasteiger partial charge in [0.2, 0.25) is 0 Å². The number of guanidine groups is 1. The van der Waals surface area contributed by atoms with Crippen molar-refractivity contribution in [3.05, 3.63) is 65.5 Å². The van der Waals surface area contributed by atoms with Crippen LogP contribution >= 0.6 is 24.0 Å². The minimum absolute atomic E-state index is 0. The number of nitrogens with zero attached hydrogens (tertiary/aromatic N) is 4. The minimum Gasteiger partial charge on any atom is -0.357 e. The topological polar surface area (TPSA) is 74.6 Å². The van der Waals surface area contributed by atoms with Crippen molar-refractivity contribution in [3.63, 3.8) is 0 Å². The van der Waals surface area contributed by atoms with Gasteiger partial charge in [-0.25, -0.2) is 9.98 Å². The van der Waals surface area contributed by atoms with Crippen molar-refractivity contribution in [2.45, 2.75) is 47.2 Å². The molecule has 0 aliphatic carbocycles. The molecule has 0 bridgehead atoms. The van der Waals surface area contributed by atoms with Crippen LogP contribution in [0.5, 0.6) is 0 Å². The number of aryl methyl sites for hydroxylation is 2. The maximum atomic E-state index is 12.5. The van der Waals surface area contributed by atoms with Gasteiger partial charge >= 0.3 is 0 Å². The number of benzene rings is 2. The largest absolute Gasteiger partial charge is 0.357 e. The summed E-state index contributed by atoms with van der Waals surface area (Å²) in [6.07, 6.45) is 0.966. The number of amides is 1. The zero-order chi connectivity index (χ0) is 23.6. The van der Waals surface area contributed by atoms with E-state index >= 15 is 0 Å². The number of hydrogen-bond donors (Lipinski definition) is 2. The van der Waals surface area contributed by atoms with E-state index in [0.29, 0.717) is 6.54 Å². The molecule has 0 saturated heterocycles. The highest BCUT2D eigenvalue weighted by Crippen LogP contribution is 2.15. The quantitative estimate of drug-likeness (QED) is 0.160. The molecule has 7 nitrogen and oxygen atoms in total. The number of nitrogens with one attached hydrogen (secondary N) is 2. The van der Waals surface area contributed by atoms with Gasteiger partial charge in [-0.15, -0.1) is 24.0 Å². The van der Waals surface area contributed by atoms with Crippen LogP contribution in [-0.4, -0.2) is 52.5 Å². The minimum atomic E-state index is 0. The molecule has 34 heavy (non-hydrogen) atoms. The van der Waals surface area contributed by atoms with Crippen molar-refractivity contribution in [2.75, 3.05) is 26.2 Å². The lowest BCUT2D eigenvalue weighted by Gasteiger charge is -2.18. The van der Waals surface area contributed by atoms with Gasteiger partial charge in [0.1, 0.15) is 5.82 Å². The molecule has 0 unspecified atom stereocenters. The standard InChI is InChI=1S/C26H36N6O.HI/c1-5-27-26(28-17-10-18-32-20(4)30-23-11-8-9-12-24(23)32)29-19-21-13-15-22(16-14-21)25(33)31(6-2)7-3;/h8-9,11-16H,5-7,10,17-19H2,1-4H3,(H2,27,28,29);1H. The summed E-state index contributed by atoms with van der Waals surface area (Å²) in [5.74, 6) is 1.92. The molecule has 0 saturated carbocycles. The van der Waals surface area contributed by atoms with Gasteiger partial charge in [-0.2, -0.15) is 0 Å². The van der Waals surface area contributed by atoms with Crippen molar-refractivity contribution in [1.29, 1.82) is 0 Å². The Morgan fingerprint density at radius 2 is 1.74 bits per heavy atom. The summed E-state index contributed by atoms with van der Waals surface area (Å²) in [5.41, 5.74) is 4.02. The Bertz CT molecular complexity index is 1070. The second-order valence-corrected chi connectivity index (χ2v) is 7.95. The lowest BCUT2D eigenvalue weighted by Crippen LogP contribution is -2.38. The van der Waals surface area contributed by atoms with E-state index in [4.69, 9.17) is 4.99 Å². The summed E-state index contributed by atoms with van der Waals surface area (Å²) in [4.78, 5) is 23.6. The number of para-hydroxylation sites is 2. The molecule has 1 heterocycles. The van der Waals surface area contributed by atoms with Crippen LogP contribution in [0.1, 0.15) is 48.9 Å². The third-order valence-corrected chi connectivity index (χ3v) is 5.71. The van der Waals surface area contributed by atoms with Crippen molar-refractivity contribution in [1.82, 2.24) is 25.1 Å². The van der Waals surface area contributed by atoms with E-state index in [1.165, 1.54) is 5.52 Å². The van der Waals surface area contributed by atoms with Crippen LogP contribution in [0.4, 0.5) is 0 Å². The van der Waals surface area contributed by atoms with Crippen LogP contribution < -0.4 is 10.6 Å². The number of rotatable bonds is 10. The average Bonchev–Trinajstić information content (AvgIpc) is 3.16. The van der Waals surface area contributed by atoms with Crippen molar-refractivity contribution >= 4 is 46.9 Å². The first kappa shape index (κ1) is 27.6. The Labute approximate surface area is 220 Å². The van der Waals surface area contributed by atoms with Gasteiger partial charge in [-0.3, -0.25) is 4.79 Å². The molecule has 3 aromatic rings. The molecule has 0 aliphatic rings. The number of carbonyl (C=O) groups is 1. The third-order valence-electron chi connectivity index (χ3n) is 5.71. The summed E-state index contributed by atoms with van der Waals surface area (Å²) in [6, 6.07) is 16.0. The predicted octanol–water partition coefficient (Wildman–Crippen LogP) is 4.59. The van der Waals surface area contributed by atoms with Gasteiger partial charge in [0.15, 0.2) is 5.96 Å². The lowest BCUT2D eigenvalue weighted by molar-refractivity contribution is 0.0773. The Morgan fingerprint density at radius 3 is 2.41 bits per heavy atom. The van der Waals surface area contributed by atoms with Gasteiger partial charge < -0.3 is 20.1 Å². The number of hydrogen-bond acceptors (Lipinski definition) is 3. The van der Waals surface area contributed by atoms with Crippen LogP contribution in [0, 0.1) is 6.92 Å². The Morgan fingerprint density at radius 1 is 1.03 bits per heavy atom. The summed E-state index contributed by atoms with van der Waals surface area (Å²) in [7, 11) is 0. The molecule has 0 radical (unpaired) electrons. The molecule has 8 heteroatoms. The Balaban J connectivity index is 0.00000408. The molecular weight excluding hydrogens is 539 g/mol. The van der Waals surface area contributed by atoms with E-state index in [0.717, 1.165) is 67.6 Å². The maximum Gasteiger partial charge on any atom is 0.253 e. The molecule has 0 spiro atoms. The molecule has 2 aromatic carbocycles. The van der Waals surface area contributed by atoms with E-state index < -0.39 is 0 Å². The highest BCUT2D eigenvalue weighted by atomic mass is 127. The molecule has 184 valence electrons. The summed E-state index contributed by atoms with van der Waals surface area (Å²) in [5, 5.41) is 6.73. The van der Waals surface area contributed by atoms with Gasteiger partial charge in [0, 0.05) is 38.3 Å². The lowest BCUT2D eigenvalue weighted by atomic mass is 10.1. The van der Waals surface area contributed by atoms with Crippen LogP contribution in [0.3, 0.4) is 0 Å². The highest BCUT2D eigenvalue weighted by Gasteiger charge is 2.12. The first-order chi connectivity index (χ1) is 16.1. The number of halogens is 1. The molecule has 0 atom stereocenters. The molecule has 2 N–H and O–H groups in total.